The van der Waals surface area contributed by atoms with Gasteiger partial charge in [0.2, 0.25) is 5.82 Å². The van der Waals surface area contributed by atoms with Crippen molar-refractivity contribution in [3.63, 3.8) is 0 Å². The van der Waals surface area contributed by atoms with Crippen LogP contribution >= 0.6 is 0 Å². The van der Waals surface area contributed by atoms with Gasteiger partial charge in [-0.25, -0.2) is 0 Å². The van der Waals surface area contributed by atoms with Crippen molar-refractivity contribution in [3.8, 4) is 34.0 Å². The second-order valence-electron chi connectivity index (χ2n) is 5.94. The van der Waals surface area contributed by atoms with Gasteiger partial charge in [-0.15, -0.1) is 0 Å². The van der Waals surface area contributed by atoms with Crippen LogP contribution in [0.4, 0.5) is 13.2 Å². The van der Waals surface area contributed by atoms with Crippen LogP contribution < -0.4 is 0 Å². The number of rotatable bonds is 3. The lowest BCUT2D eigenvalue weighted by Gasteiger charge is -2.05. The molecule has 0 unspecified atom stereocenters. The first-order valence-corrected chi connectivity index (χ1v) is 8.18. The van der Waals surface area contributed by atoms with E-state index in [1.54, 1.807) is 0 Å². The first-order valence-electron chi connectivity index (χ1n) is 8.18. The van der Waals surface area contributed by atoms with Crippen LogP contribution in [0.15, 0.2) is 83.4 Å². The molecule has 0 aliphatic heterocycles. The van der Waals surface area contributed by atoms with E-state index in [9.17, 15) is 13.2 Å². The van der Waals surface area contributed by atoms with Crippen molar-refractivity contribution in [2.24, 2.45) is 0 Å². The molecule has 1 aromatic heterocycles. The zero-order valence-corrected chi connectivity index (χ0v) is 13.9. The predicted molar refractivity (Wildman–Crippen MR) is 95.6 cm³/mol. The van der Waals surface area contributed by atoms with Gasteiger partial charge in [0.15, 0.2) is 0 Å². The summed E-state index contributed by atoms with van der Waals surface area (Å²) in [6, 6.07) is 22.2. The molecule has 0 fully saturated rings. The van der Waals surface area contributed by atoms with Gasteiger partial charge in [-0.3, -0.25) is 0 Å². The fraction of sp³-hybridized carbons (Fsp3) is 0.0476. The fourth-order valence-corrected chi connectivity index (χ4v) is 2.70. The Hall–Kier alpha value is -3.41. The summed E-state index contributed by atoms with van der Waals surface area (Å²) >= 11 is 0. The van der Waals surface area contributed by atoms with Gasteiger partial charge < -0.3 is 4.52 Å². The SMILES string of the molecule is FC(F)(F)c1ccc(-c2nc(-c3ccc(-c4ccccc4)cc3)no2)cc1. The third-order valence-electron chi connectivity index (χ3n) is 4.14. The summed E-state index contributed by atoms with van der Waals surface area (Å²) < 4.78 is 43.2. The molecule has 0 saturated carbocycles. The minimum atomic E-state index is -4.38. The summed E-state index contributed by atoms with van der Waals surface area (Å²) in [4.78, 5) is 4.29. The Bertz CT molecular complexity index is 1040. The van der Waals surface area contributed by atoms with Crippen molar-refractivity contribution in [2.45, 2.75) is 6.18 Å². The largest absolute Gasteiger partial charge is 0.416 e. The molecule has 0 spiro atoms. The molecule has 0 bridgehead atoms. The minimum Gasteiger partial charge on any atom is -0.334 e. The van der Waals surface area contributed by atoms with E-state index in [0.717, 1.165) is 28.8 Å². The number of halogens is 3. The number of aromatic nitrogens is 2. The molecule has 0 aliphatic carbocycles. The average molecular weight is 366 g/mol. The van der Waals surface area contributed by atoms with Gasteiger partial charge in [-0.1, -0.05) is 59.8 Å². The van der Waals surface area contributed by atoms with E-state index in [0.29, 0.717) is 11.4 Å². The van der Waals surface area contributed by atoms with Gasteiger partial charge in [-0.05, 0) is 35.4 Å². The number of hydrogen-bond acceptors (Lipinski definition) is 3. The van der Waals surface area contributed by atoms with Crippen molar-refractivity contribution in [1.82, 2.24) is 10.1 Å². The Morgan fingerprint density at radius 3 is 1.81 bits per heavy atom. The van der Waals surface area contributed by atoms with Gasteiger partial charge in [0, 0.05) is 11.1 Å². The summed E-state index contributed by atoms with van der Waals surface area (Å²) in [5.74, 6) is 0.551. The molecule has 1 heterocycles. The van der Waals surface area contributed by atoms with Crippen LogP contribution in [0.1, 0.15) is 5.56 Å². The number of benzene rings is 3. The molecule has 0 saturated heterocycles. The van der Waals surface area contributed by atoms with Gasteiger partial charge in [-0.2, -0.15) is 18.2 Å². The van der Waals surface area contributed by atoms with E-state index in [1.807, 2.05) is 54.6 Å². The lowest BCUT2D eigenvalue weighted by atomic mass is 10.0. The Kier molecular flexibility index (Phi) is 4.24. The van der Waals surface area contributed by atoms with Crippen molar-refractivity contribution < 1.29 is 17.7 Å². The normalized spacial score (nSPS) is 11.5. The van der Waals surface area contributed by atoms with Crippen LogP contribution in [-0.4, -0.2) is 10.1 Å². The van der Waals surface area contributed by atoms with Gasteiger partial charge >= 0.3 is 6.18 Å². The van der Waals surface area contributed by atoms with Crippen LogP contribution in [0.2, 0.25) is 0 Å². The van der Waals surface area contributed by atoms with Crippen LogP contribution in [0.3, 0.4) is 0 Å². The second-order valence-corrected chi connectivity index (χ2v) is 5.94. The minimum absolute atomic E-state index is 0.172. The molecule has 4 rings (SSSR count). The molecule has 0 atom stereocenters. The highest BCUT2D eigenvalue weighted by atomic mass is 19.4. The monoisotopic (exact) mass is 366 g/mol. The van der Waals surface area contributed by atoms with E-state index in [1.165, 1.54) is 12.1 Å². The Balaban J connectivity index is 1.57. The van der Waals surface area contributed by atoms with Crippen LogP contribution in [0.25, 0.3) is 34.0 Å². The summed E-state index contributed by atoms with van der Waals surface area (Å²) in [5, 5.41) is 3.93. The maximum absolute atomic E-state index is 12.7. The Labute approximate surface area is 153 Å². The van der Waals surface area contributed by atoms with Crippen molar-refractivity contribution in [2.75, 3.05) is 0 Å². The zero-order chi connectivity index (χ0) is 18.9. The lowest BCUT2D eigenvalue weighted by molar-refractivity contribution is -0.137. The number of nitrogens with zero attached hydrogens (tertiary/aromatic N) is 2. The highest BCUT2D eigenvalue weighted by Crippen LogP contribution is 2.31. The maximum atomic E-state index is 12.7. The summed E-state index contributed by atoms with van der Waals surface area (Å²) in [5.41, 5.74) is 2.63. The molecule has 6 heteroatoms. The average Bonchev–Trinajstić information content (AvgIpc) is 3.18. The van der Waals surface area contributed by atoms with E-state index in [2.05, 4.69) is 10.1 Å². The van der Waals surface area contributed by atoms with Crippen molar-refractivity contribution in [3.05, 3.63) is 84.4 Å². The van der Waals surface area contributed by atoms with E-state index < -0.39 is 11.7 Å². The molecule has 0 aliphatic rings. The molecule has 0 N–H and O–H groups in total. The Morgan fingerprint density at radius 1 is 0.630 bits per heavy atom. The van der Waals surface area contributed by atoms with Crippen molar-refractivity contribution >= 4 is 0 Å². The third kappa shape index (κ3) is 3.60. The van der Waals surface area contributed by atoms with Crippen molar-refractivity contribution in [1.29, 1.82) is 0 Å². The molecule has 3 nitrogen and oxygen atoms in total. The molecule has 3 aromatic carbocycles. The molecule has 134 valence electrons. The number of hydrogen-bond donors (Lipinski definition) is 0. The highest BCUT2D eigenvalue weighted by molar-refractivity contribution is 5.68. The Morgan fingerprint density at radius 2 is 1.19 bits per heavy atom. The second kappa shape index (κ2) is 6.72. The summed E-state index contributed by atoms with van der Waals surface area (Å²) in [7, 11) is 0. The van der Waals surface area contributed by atoms with Crippen LogP contribution in [0.5, 0.6) is 0 Å². The first-order chi connectivity index (χ1) is 13.0. The molecular weight excluding hydrogens is 353 g/mol. The highest BCUT2D eigenvalue weighted by Gasteiger charge is 2.30. The van der Waals surface area contributed by atoms with E-state index >= 15 is 0 Å². The molecule has 27 heavy (non-hydrogen) atoms. The molecule has 0 radical (unpaired) electrons. The smallest absolute Gasteiger partial charge is 0.334 e. The number of alkyl halides is 3. The van der Waals surface area contributed by atoms with Gasteiger partial charge in [0.05, 0.1) is 5.56 Å². The first kappa shape index (κ1) is 17.0. The third-order valence-corrected chi connectivity index (χ3v) is 4.14. The maximum Gasteiger partial charge on any atom is 0.416 e. The molecule has 0 amide bonds. The van der Waals surface area contributed by atoms with Gasteiger partial charge in [0.1, 0.15) is 0 Å². The topological polar surface area (TPSA) is 38.9 Å². The lowest BCUT2D eigenvalue weighted by Crippen LogP contribution is -2.03. The van der Waals surface area contributed by atoms with Crippen LogP contribution in [-0.2, 0) is 6.18 Å². The van der Waals surface area contributed by atoms with Gasteiger partial charge in [0.25, 0.3) is 5.89 Å². The fourth-order valence-electron chi connectivity index (χ4n) is 2.70. The predicted octanol–water partition coefficient (Wildman–Crippen LogP) is 6.09. The summed E-state index contributed by atoms with van der Waals surface area (Å²) in [6.45, 7) is 0. The molecule has 4 aromatic rings. The quantitative estimate of drug-likeness (QED) is 0.440. The van der Waals surface area contributed by atoms with Crippen LogP contribution in [0, 0.1) is 0 Å². The standard InChI is InChI=1S/C21H13F3N2O/c22-21(23,24)18-12-10-17(11-13-18)20-25-19(26-27-20)16-8-6-15(7-9-16)14-4-2-1-3-5-14/h1-13H. The van der Waals surface area contributed by atoms with E-state index in [4.69, 9.17) is 4.52 Å². The molecular formula is C21H13F3N2O. The van der Waals surface area contributed by atoms with E-state index in [-0.39, 0.29) is 5.89 Å². The summed E-state index contributed by atoms with van der Waals surface area (Å²) in [6.07, 6.45) is -4.38. The zero-order valence-electron chi connectivity index (χ0n) is 13.9.